The van der Waals surface area contributed by atoms with Crippen LogP contribution in [0.3, 0.4) is 0 Å². The summed E-state index contributed by atoms with van der Waals surface area (Å²) in [5, 5.41) is 28.6. The van der Waals surface area contributed by atoms with Gasteiger partial charge in [0.05, 0.1) is 12.6 Å². The quantitative estimate of drug-likeness (QED) is 0.307. The van der Waals surface area contributed by atoms with Gasteiger partial charge in [0, 0.05) is 22.9 Å². The molecule has 1 unspecified atom stereocenters. The molecule has 1 atom stereocenters. The highest BCUT2D eigenvalue weighted by atomic mass is 32.1. The molecule has 0 bridgehead atoms. The lowest BCUT2D eigenvalue weighted by atomic mass is 10.2. The number of methoxy groups -OCH3 is 1. The predicted octanol–water partition coefficient (Wildman–Crippen LogP) is 1.01. The van der Waals surface area contributed by atoms with E-state index in [4.69, 9.17) is 20.5 Å². The third-order valence-electron chi connectivity index (χ3n) is 1.99. The molecule has 0 fully saturated rings. The number of hydrogen-bond donors (Lipinski definition) is 5. The second-order valence-corrected chi connectivity index (χ2v) is 4.12. The molecule has 0 aromatic carbocycles. The zero-order chi connectivity index (χ0) is 12.8. The molecular formula is C9H13N3O4S. The average molecular weight is 259 g/mol. The lowest BCUT2D eigenvalue weighted by molar-refractivity contribution is 0.153. The van der Waals surface area contributed by atoms with Crippen LogP contribution in [0.5, 0.6) is 0 Å². The van der Waals surface area contributed by atoms with Gasteiger partial charge in [-0.2, -0.15) is 0 Å². The zero-order valence-corrected chi connectivity index (χ0v) is 9.87. The summed E-state index contributed by atoms with van der Waals surface area (Å²) in [6.45, 7) is 0.201. The summed E-state index contributed by atoms with van der Waals surface area (Å²) in [6.07, 6.45) is -1.14. The number of hydroxylamine groups is 1. The molecule has 8 heteroatoms. The number of rotatable bonds is 5. The van der Waals surface area contributed by atoms with E-state index in [0.717, 1.165) is 0 Å². The maximum atomic E-state index is 10.6. The van der Waals surface area contributed by atoms with Gasteiger partial charge < -0.3 is 15.2 Å². The van der Waals surface area contributed by atoms with Crippen LogP contribution in [-0.4, -0.2) is 36.0 Å². The topological polar surface area (TPSA) is 115 Å². The third-order valence-corrected chi connectivity index (χ3v) is 3.04. The molecule has 17 heavy (non-hydrogen) atoms. The molecule has 0 aliphatic rings. The van der Waals surface area contributed by atoms with Crippen LogP contribution in [0.1, 0.15) is 16.5 Å². The van der Waals surface area contributed by atoms with Crippen LogP contribution in [0, 0.1) is 5.41 Å². The monoisotopic (exact) mass is 259 g/mol. The number of hydrogen-bond acceptors (Lipinski definition) is 5. The molecule has 0 saturated heterocycles. The Balaban J connectivity index is 2.83. The number of ether oxygens (including phenoxy) is 1. The van der Waals surface area contributed by atoms with Gasteiger partial charge in [-0.1, -0.05) is 0 Å². The molecule has 1 aromatic rings. The summed E-state index contributed by atoms with van der Waals surface area (Å²) in [6, 6.07) is 1.14. The van der Waals surface area contributed by atoms with E-state index in [1.54, 1.807) is 16.9 Å². The maximum Gasteiger partial charge on any atom is 0.405 e. The standard InChI is InChI=1S/C9H13N3O4S/c1-16-3-6(11-9(13)14)7-2-5(4-17-7)8(10)12-15/h2,4,6,11,15H,3H2,1H3,(H2,10,12)(H,13,14). The molecule has 0 radical (unpaired) electrons. The molecule has 1 rings (SSSR count). The first-order valence-corrected chi connectivity index (χ1v) is 5.52. The van der Waals surface area contributed by atoms with Crippen LogP contribution in [0.15, 0.2) is 11.4 Å². The van der Waals surface area contributed by atoms with E-state index in [0.29, 0.717) is 10.4 Å². The Morgan fingerprint density at radius 1 is 1.71 bits per heavy atom. The van der Waals surface area contributed by atoms with Gasteiger partial charge in [0.25, 0.3) is 0 Å². The van der Waals surface area contributed by atoms with E-state index in [2.05, 4.69) is 5.32 Å². The van der Waals surface area contributed by atoms with Crippen LogP contribution in [-0.2, 0) is 4.74 Å². The fourth-order valence-corrected chi connectivity index (χ4v) is 2.18. The van der Waals surface area contributed by atoms with Gasteiger partial charge in [-0.15, -0.1) is 11.3 Å². The van der Waals surface area contributed by atoms with Crippen molar-refractivity contribution in [1.29, 1.82) is 5.41 Å². The van der Waals surface area contributed by atoms with Crippen molar-refractivity contribution >= 4 is 23.3 Å². The van der Waals surface area contributed by atoms with Crippen molar-refractivity contribution in [2.45, 2.75) is 6.04 Å². The third kappa shape index (κ3) is 3.70. The summed E-state index contributed by atoms with van der Waals surface area (Å²) in [4.78, 5) is 11.3. The Labute approximate surface area is 101 Å². The highest BCUT2D eigenvalue weighted by Gasteiger charge is 2.17. The smallest absolute Gasteiger partial charge is 0.405 e. The van der Waals surface area contributed by atoms with Crippen LogP contribution in [0.4, 0.5) is 4.79 Å². The Morgan fingerprint density at radius 3 is 2.94 bits per heavy atom. The summed E-state index contributed by atoms with van der Waals surface area (Å²) in [7, 11) is 1.47. The van der Waals surface area contributed by atoms with Crippen molar-refractivity contribution in [2.75, 3.05) is 13.7 Å². The predicted molar refractivity (Wildman–Crippen MR) is 61.8 cm³/mol. The molecular weight excluding hydrogens is 246 g/mol. The zero-order valence-electron chi connectivity index (χ0n) is 9.06. The van der Waals surface area contributed by atoms with Gasteiger partial charge in [0.1, 0.15) is 5.84 Å². The van der Waals surface area contributed by atoms with Gasteiger partial charge in [0.15, 0.2) is 0 Å². The molecule has 0 saturated carbocycles. The molecule has 7 nitrogen and oxygen atoms in total. The van der Waals surface area contributed by atoms with E-state index in [-0.39, 0.29) is 12.4 Å². The molecule has 0 aliphatic heterocycles. The summed E-state index contributed by atoms with van der Waals surface area (Å²) < 4.78 is 4.92. The van der Waals surface area contributed by atoms with Crippen LogP contribution in [0.25, 0.3) is 0 Å². The van der Waals surface area contributed by atoms with Crippen molar-refractivity contribution in [3.63, 3.8) is 0 Å². The number of amides is 1. The first-order chi connectivity index (χ1) is 8.08. The summed E-state index contributed by atoms with van der Waals surface area (Å²) >= 11 is 1.29. The Morgan fingerprint density at radius 2 is 2.41 bits per heavy atom. The van der Waals surface area contributed by atoms with Gasteiger partial charge >= 0.3 is 6.09 Å². The Hall–Kier alpha value is -1.64. The summed E-state index contributed by atoms with van der Waals surface area (Å²) in [5.41, 5.74) is 2.22. The number of carboxylic acid groups (broad SMARTS) is 1. The highest BCUT2D eigenvalue weighted by molar-refractivity contribution is 7.10. The van der Waals surface area contributed by atoms with Crippen molar-refractivity contribution in [2.24, 2.45) is 0 Å². The molecule has 0 aliphatic carbocycles. The fourth-order valence-electron chi connectivity index (χ4n) is 1.24. The van der Waals surface area contributed by atoms with Gasteiger partial charge in [0.2, 0.25) is 0 Å². The number of nitrogens with one attached hydrogen (secondary N) is 3. The number of carbonyl (C=O) groups is 1. The first kappa shape index (κ1) is 13.4. The maximum absolute atomic E-state index is 10.6. The van der Waals surface area contributed by atoms with Crippen molar-refractivity contribution in [3.8, 4) is 0 Å². The largest absolute Gasteiger partial charge is 0.465 e. The average Bonchev–Trinajstić information content (AvgIpc) is 2.76. The molecule has 1 aromatic heterocycles. The minimum atomic E-state index is -1.14. The number of amidine groups is 1. The SMILES string of the molecule is COCC(NC(=O)O)c1cc(C(=N)NO)cs1. The van der Waals surface area contributed by atoms with E-state index in [1.807, 2.05) is 0 Å². The molecule has 0 spiro atoms. The highest BCUT2D eigenvalue weighted by Crippen LogP contribution is 2.22. The fraction of sp³-hybridized carbons (Fsp3) is 0.333. The summed E-state index contributed by atoms with van der Waals surface area (Å²) in [5.74, 6) is -0.140. The lowest BCUT2D eigenvalue weighted by Crippen LogP contribution is -2.29. The molecule has 94 valence electrons. The molecule has 5 N–H and O–H groups in total. The molecule has 1 heterocycles. The van der Waals surface area contributed by atoms with Crippen molar-refractivity contribution in [3.05, 3.63) is 21.9 Å². The molecule has 1 amide bonds. The first-order valence-electron chi connectivity index (χ1n) is 4.64. The minimum absolute atomic E-state index is 0.140. The van der Waals surface area contributed by atoms with Gasteiger partial charge in [-0.3, -0.25) is 16.1 Å². The van der Waals surface area contributed by atoms with Crippen molar-refractivity contribution in [1.82, 2.24) is 10.8 Å². The minimum Gasteiger partial charge on any atom is -0.465 e. The van der Waals surface area contributed by atoms with E-state index < -0.39 is 12.1 Å². The van der Waals surface area contributed by atoms with Crippen LogP contribution in [0.2, 0.25) is 0 Å². The lowest BCUT2D eigenvalue weighted by Gasteiger charge is -2.13. The second kappa shape index (κ2) is 6.18. The van der Waals surface area contributed by atoms with Gasteiger partial charge in [-0.25, -0.2) is 4.79 Å². The van der Waals surface area contributed by atoms with E-state index in [1.165, 1.54) is 18.4 Å². The Bertz CT molecular complexity index is 407. The van der Waals surface area contributed by atoms with Crippen LogP contribution >= 0.6 is 11.3 Å². The Kier molecular flexibility index (Phi) is 4.88. The van der Waals surface area contributed by atoms with E-state index >= 15 is 0 Å². The number of thiophene rings is 1. The van der Waals surface area contributed by atoms with Gasteiger partial charge in [-0.05, 0) is 6.07 Å². The normalized spacial score (nSPS) is 11.9. The second-order valence-electron chi connectivity index (χ2n) is 3.18. The van der Waals surface area contributed by atoms with Crippen LogP contribution < -0.4 is 10.8 Å². The van der Waals surface area contributed by atoms with E-state index in [9.17, 15) is 4.79 Å². The van der Waals surface area contributed by atoms with Crippen molar-refractivity contribution < 1.29 is 19.8 Å².